The highest BCUT2D eigenvalue weighted by Gasteiger charge is 2.25. The molecule has 0 aliphatic rings. The monoisotopic (exact) mass is 232 g/mol. The topological polar surface area (TPSA) is 66.8 Å². The summed E-state index contributed by atoms with van der Waals surface area (Å²) in [5, 5.41) is 18.3. The number of rotatable bonds is 3. The van der Waals surface area contributed by atoms with E-state index in [2.05, 4.69) is 4.74 Å². The molecule has 1 aromatic rings. The first-order valence-electron chi connectivity index (χ1n) is 4.50. The van der Waals surface area contributed by atoms with Crippen LogP contribution in [0.1, 0.15) is 18.6 Å². The molecule has 0 amide bonds. The van der Waals surface area contributed by atoms with Gasteiger partial charge in [-0.15, -0.1) is 0 Å². The van der Waals surface area contributed by atoms with Crippen LogP contribution in [0.15, 0.2) is 12.1 Å². The molecular weight excluding hydrogens is 222 g/mol. The number of phenols is 1. The number of esters is 1. The Balaban J connectivity index is 3.05. The molecular formula is C10H10F2O4. The highest BCUT2D eigenvalue weighted by molar-refractivity contribution is 5.76. The van der Waals surface area contributed by atoms with Gasteiger partial charge in [0.2, 0.25) is 0 Å². The van der Waals surface area contributed by atoms with Crippen LogP contribution >= 0.6 is 0 Å². The molecule has 0 aliphatic heterocycles. The molecule has 16 heavy (non-hydrogen) atoms. The van der Waals surface area contributed by atoms with Crippen LogP contribution in [0.2, 0.25) is 0 Å². The molecule has 0 aromatic heterocycles. The Morgan fingerprint density at radius 2 is 2.12 bits per heavy atom. The fourth-order valence-electron chi connectivity index (χ4n) is 1.12. The SMILES string of the molecule is CCOC(=O)C(O)c1ccc(F)c(O)c1F. The van der Waals surface area contributed by atoms with Gasteiger partial charge in [-0.3, -0.25) is 0 Å². The van der Waals surface area contributed by atoms with Crippen molar-refractivity contribution in [3.8, 4) is 5.75 Å². The van der Waals surface area contributed by atoms with Gasteiger partial charge in [-0.1, -0.05) is 0 Å². The van der Waals surface area contributed by atoms with Gasteiger partial charge in [-0.05, 0) is 19.1 Å². The number of ether oxygens (including phenoxy) is 1. The smallest absolute Gasteiger partial charge is 0.339 e. The average Bonchev–Trinajstić information content (AvgIpc) is 2.26. The second-order valence-corrected chi connectivity index (χ2v) is 2.95. The Kier molecular flexibility index (Phi) is 3.78. The number of carbonyl (C=O) groups is 1. The van der Waals surface area contributed by atoms with Crippen molar-refractivity contribution >= 4 is 5.97 Å². The van der Waals surface area contributed by atoms with Crippen LogP contribution in [0, 0.1) is 11.6 Å². The van der Waals surface area contributed by atoms with Crippen LogP contribution in [0.25, 0.3) is 0 Å². The summed E-state index contributed by atoms with van der Waals surface area (Å²) in [6.45, 7) is 1.54. The molecule has 2 N–H and O–H groups in total. The molecule has 0 heterocycles. The van der Waals surface area contributed by atoms with E-state index in [1.807, 2.05) is 0 Å². The van der Waals surface area contributed by atoms with E-state index in [1.165, 1.54) is 6.92 Å². The first-order chi connectivity index (χ1) is 7.49. The summed E-state index contributed by atoms with van der Waals surface area (Å²) in [5.41, 5.74) is -0.530. The predicted octanol–water partition coefficient (Wildman–Crippen LogP) is 1.27. The Hall–Kier alpha value is -1.69. The highest BCUT2D eigenvalue weighted by atomic mass is 19.1. The predicted molar refractivity (Wildman–Crippen MR) is 49.6 cm³/mol. The van der Waals surface area contributed by atoms with E-state index in [9.17, 15) is 18.7 Å². The summed E-state index contributed by atoms with van der Waals surface area (Å²) in [6, 6.07) is 1.61. The van der Waals surface area contributed by atoms with E-state index < -0.39 is 35.0 Å². The molecule has 1 atom stereocenters. The number of aromatic hydroxyl groups is 1. The van der Waals surface area contributed by atoms with Crippen molar-refractivity contribution in [3.63, 3.8) is 0 Å². The highest BCUT2D eigenvalue weighted by Crippen LogP contribution is 2.27. The lowest BCUT2D eigenvalue weighted by molar-refractivity contribution is -0.153. The summed E-state index contributed by atoms with van der Waals surface area (Å²) in [7, 11) is 0. The van der Waals surface area contributed by atoms with Crippen molar-refractivity contribution in [3.05, 3.63) is 29.3 Å². The molecule has 0 spiro atoms. The summed E-state index contributed by atoms with van der Waals surface area (Å²) < 4.78 is 30.4. The quantitative estimate of drug-likeness (QED) is 0.770. The Labute approximate surface area is 90.1 Å². The second-order valence-electron chi connectivity index (χ2n) is 2.95. The van der Waals surface area contributed by atoms with Gasteiger partial charge in [0.25, 0.3) is 0 Å². The number of carbonyl (C=O) groups excluding carboxylic acids is 1. The molecule has 0 bridgehead atoms. The van der Waals surface area contributed by atoms with Gasteiger partial charge in [0.05, 0.1) is 6.61 Å². The molecule has 0 aliphatic carbocycles. The fraction of sp³-hybridized carbons (Fsp3) is 0.300. The third-order valence-corrected chi connectivity index (χ3v) is 1.90. The van der Waals surface area contributed by atoms with Crippen molar-refractivity contribution in [2.75, 3.05) is 6.61 Å². The molecule has 1 aromatic carbocycles. The van der Waals surface area contributed by atoms with Crippen LogP contribution in [0.3, 0.4) is 0 Å². The average molecular weight is 232 g/mol. The summed E-state index contributed by atoms with van der Waals surface area (Å²) >= 11 is 0. The Morgan fingerprint density at radius 1 is 1.50 bits per heavy atom. The van der Waals surface area contributed by atoms with Gasteiger partial charge >= 0.3 is 5.97 Å². The van der Waals surface area contributed by atoms with Crippen molar-refractivity contribution in [2.45, 2.75) is 13.0 Å². The van der Waals surface area contributed by atoms with Gasteiger partial charge < -0.3 is 14.9 Å². The second kappa shape index (κ2) is 4.89. The standard InChI is InChI=1S/C10H10F2O4/c1-2-16-10(15)8(13)5-3-4-6(11)9(14)7(5)12/h3-4,8,13-14H,2H2,1H3. The lowest BCUT2D eigenvalue weighted by Gasteiger charge is -2.11. The van der Waals surface area contributed by atoms with Gasteiger partial charge in [0.1, 0.15) is 0 Å². The van der Waals surface area contributed by atoms with Crippen LogP contribution in [-0.4, -0.2) is 22.8 Å². The molecule has 1 unspecified atom stereocenters. The summed E-state index contributed by atoms with van der Waals surface area (Å²) in [4.78, 5) is 11.1. The fourth-order valence-corrected chi connectivity index (χ4v) is 1.12. The number of halogens is 2. The lowest BCUT2D eigenvalue weighted by atomic mass is 10.1. The van der Waals surface area contributed by atoms with Crippen molar-refractivity contribution in [1.82, 2.24) is 0 Å². The maximum atomic E-state index is 13.3. The third kappa shape index (κ3) is 2.27. The van der Waals surface area contributed by atoms with Crippen molar-refractivity contribution < 1.29 is 28.5 Å². The molecule has 0 fully saturated rings. The molecule has 4 nitrogen and oxygen atoms in total. The molecule has 0 saturated heterocycles. The van der Waals surface area contributed by atoms with Crippen LogP contribution < -0.4 is 0 Å². The zero-order valence-electron chi connectivity index (χ0n) is 8.41. The number of hydrogen-bond acceptors (Lipinski definition) is 4. The Bertz CT molecular complexity index is 406. The first-order valence-corrected chi connectivity index (χ1v) is 4.50. The van der Waals surface area contributed by atoms with Gasteiger partial charge in [-0.25, -0.2) is 13.6 Å². The lowest BCUT2D eigenvalue weighted by Crippen LogP contribution is -2.16. The zero-order valence-corrected chi connectivity index (χ0v) is 8.41. The first kappa shape index (κ1) is 12.4. The van der Waals surface area contributed by atoms with E-state index in [4.69, 9.17) is 5.11 Å². The van der Waals surface area contributed by atoms with Crippen LogP contribution in [0.4, 0.5) is 8.78 Å². The maximum absolute atomic E-state index is 13.3. The van der Waals surface area contributed by atoms with E-state index in [1.54, 1.807) is 0 Å². The third-order valence-electron chi connectivity index (χ3n) is 1.90. The molecule has 1 rings (SSSR count). The normalized spacial score (nSPS) is 12.2. The van der Waals surface area contributed by atoms with Crippen molar-refractivity contribution in [2.24, 2.45) is 0 Å². The molecule has 0 saturated carbocycles. The number of aliphatic hydroxyl groups excluding tert-OH is 1. The minimum absolute atomic E-state index is 0.0185. The number of phenolic OH excluding ortho intramolecular Hbond substituents is 1. The van der Waals surface area contributed by atoms with E-state index in [-0.39, 0.29) is 6.61 Å². The van der Waals surface area contributed by atoms with Gasteiger partial charge in [0.15, 0.2) is 23.5 Å². The zero-order chi connectivity index (χ0) is 12.3. The number of benzene rings is 1. The Morgan fingerprint density at radius 3 is 2.69 bits per heavy atom. The molecule has 6 heteroatoms. The minimum Gasteiger partial charge on any atom is -0.503 e. The largest absolute Gasteiger partial charge is 0.503 e. The van der Waals surface area contributed by atoms with Crippen LogP contribution in [-0.2, 0) is 9.53 Å². The summed E-state index contributed by atoms with van der Waals surface area (Å²) in [6.07, 6.45) is -1.88. The van der Waals surface area contributed by atoms with E-state index in [0.717, 1.165) is 12.1 Å². The minimum atomic E-state index is -1.88. The molecule has 0 radical (unpaired) electrons. The van der Waals surface area contributed by atoms with Gasteiger partial charge in [-0.2, -0.15) is 0 Å². The maximum Gasteiger partial charge on any atom is 0.339 e. The van der Waals surface area contributed by atoms with Crippen LogP contribution in [0.5, 0.6) is 5.75 Å². The van der Waals surface area contributed by atoms with E-state index >= 15 is 0 Å². The van der Waals surface area contributed by atoms with E-state index in [0.29, 0.717) is 0 Å². The summed E-state index contributed by atoms with van der Waals surface area (Å²) in [5.74, 6) is -4.84. The number of hydrogen-bond donors (Lipinski definition) is 2. The molecule has 88 valence electrons. The number of aliphatic hydroxyl groups is 1. The van der Waals surface area contributed by atoms with Crippen molar-refractivity contribution in [1.29, 1.82) is 0 Å². The van der Waals surface area contributed by atoms with Gasteiger partial charge in [0, 0.05) is 5.56 Å².